The predicted molar refractivity (Wildman–Crippen MR) is 208 cm³/mol. The van der Waals surface area contributed by atoms with Crippen LogP contribution < -0.4 is 4.90 Å². The highest BCUT2D eigenvalue weighted by atomic mass is 19.4. The zero-order chi connectivity index (χ0) is 42.5. The van der Waals surface area contributed by atoms with Crippen molar-refractivity contribution >= 4 is 23.6 Å². The van der Waals surface area contributed by atoms with Crippen LogP contribution in [0.5, 0.6) is 0 Å². The standard InChI is InChI=1S/C43H51F3N6O8/c1-41(2)39(54)52(36-8-5-33(25-47)37(20-36)43(44,45)46)40(55)50(41)26-29-3-6-35(7-4-29)51-27-34(48-49-51)28-59-14-13-57-10-9-56-11-12-58-15-16-60-38(53)24-42-21-30-17-31(22-42)19-32(18-30)23-42/h3-8,20,27,30-32H,9-19,21-24,26,28H2,1-2H3. The van der Waals surface area contributed by atoms with Crippen molar-refractivity contribution in [1.82, 2.24) is 19.9 Å². The number of alkyl halides is 3. The molecule has 5 aliphatic rings. The molecule has 14 nitrogen and oxygen atoms in total. The molecule has 2 heterocycles. The van der Waals surface area contributed by atoms with Gasteiger partial charge in [0.15, 0.2) is 0 Å². The van der Waals surface area contributed by atoms with Crippen molar-refractivity contribution in [1.29, 1.82) is 5.26 Å². The first-order valence-corrected chi connectivity index (χ1v) is 20.5. The number of benzene rings is 2. The smallest absolute Gasteiger partial charge is 0.417 e. The van der Waals surface area contributed by atoms with E-state index in [1.807, 2.05) is 0 Å². The fraction of sp³-hybridized carbons (Fsp3) is 0.581. The number of hydrogen-bond acceptors (Lipinski definition) is 11. The molecule has 4 aliphatic carbocycles. The second kappa shape index (κ2) is 18.4. The Balaban J connectivity index is 0.744. The summed E-state index contributed by atoms with van der Waals surface area (Å²) in [5.74, 6) is 1.67. The van der Waals surface area contributed by atoms with Crippen LogP contribution in [-0.2, 0) is 52.6 Å². The number of anilines is 1. The van der Waals surface area contributed by atoms with Gasteiger partial charge in [0, 0.05) is 6.54 Å². The maximum absolute atomic E-state index is 13.6. The van der Waals surface area contributed by atoms with Crippen LogP contribution in [0.1, 0.15) is 81.2 Å². The molecule has 5 fully saturated rings. The molecule has 0 atom stereocenters. The molecule has 1 saturated heterocycles. The number of carbonyl (C=O) groups is 3. The minimum absolute atomic E-state index is 0.0107. The first-order chi connectivity index (χ1) is 28.7. The Hall–Kier alpha value is -4.89. The van der Waals surface area contributed by atoms with Crippen molar-refractivity contribution < 1.29 is 51.2 Å². The highest BCUT2D eigenvalue weighted by molar-refractivity contribution is 6.23. The monoisotopic (exact) mass is 836 g/mol. The molecule has 3 aromatic rings. The van der Waals surface area contributed by atoms with Crippen LogP contribution in [0, 0.1) is 34.5 Å². The molecule has 0 N–H and O–H groups in total. The molecule has 3 amide bonds. The van der Waals surface area contributed by atoms with Crippen molar-refractivity contribution in [2.45, 2.75) is 83.7 Å². The number of ether oxygens (including phenoxy) is 5. The van der Waals surface area contributed by atoms with E-state index in [0.29, 0.717) is 75.7 Å². The van der Waals surface area contributed by atoms with E-state index in [0.717, 1.165) is 34.8 Å². The molecule has 322 valence electrons. The van der Waals surface area contributed by atoms with E-state index < -0.39 is 34.8 Å². The number of amides is 3. The van der Waals surface area contributed by atoms with E-state index >= 15 is 0 Å². The van der Waals surface area contributed by atoms with Crippen LogP contribution in [0.15, 0.2) is 48.7 Å². The Kier molecular flexibility index (Phi) is 13.2. The maximum Gasteiger partial charge on any atom is 0.417 e. The molecule has 2 aromatic carbocycles. The van der Waals surface area contributed by atoms with Gasteiger partial charge in [-0.05, 0) is 111 Å². The van der Waals surface area contributed by atoms with Gasteiger partial charge in [0.1, 0.15) is 17.8 Å². The lowest BCUT2D eigenvalue weighted by molar-refractivity contribution is -0.153. The van der Waals surface area contributed by atoms with Crippen LogP contribution in [-0.4, -0.2) is 96.2 Å². The van der Waals surface area contributed by atoms with Gasteiger partial charge in [-0.2, -0.15) is 18.4 Å². The fourth-order valence-electron chi connectivity index (χ4n) is 9.67. The lowest BCUT2D eigenvalue weighted by Gasteiger charge is -2.56. The van der Waals surface area contributed by atoms with Gasteiger partial charge in [-0.1, -0.05) is 17.3 Å². The van der Waals surface area contributed by atoms with Crippen LogP contribution >= 0.6 is 0 Å². The van der Waals surface area contributed by atoms with Gasteiger partial charge >= 0.3 is 18.2 Å². The minimum Gasteiger partial charge on any atom is -0.463 e. The molecule has 4 bridgehead atoms. The van der Waals surface area contributed by atoms with E-state index in [1.54, 1.807) is 35.1 Å². The first kappa shape index (κ1) is 43.2. The Labute approximate surface area is 346 Å². The van der Waals surface area contributed by atoms with Gasteiger partial charge < -0.3 is 28.6 Å². The van der Waals surface area contributed by atoms with Crippen molar-refractivity contribution in [2.24, 2.45) is 23.2 Å². The molecule has 8 rings (SSSR count). The third-order valence-electron chi connectivity index (χ3n) is 12.1. The number of hydrogen-bond donors (Lipinski definition) is 0. The molecule has 0 unspecified atom stereocenters. The van der Waals surface area contributed by atoms with Gasteiger partial charge in [0.2, 0.25) is 0 Å². The second-order valence-corrected chi connectivity index (χ2v) is 16.9. The average molecular weight is 837 g/mol. The van der Waals surface area contributed by atoms with Crippen LogP contribution in [0.4, 0.5) is 23.7 Å². The molecule has 60 heavy (non-hydrogen) atoms. The van der Waals surface area contributed by atoms with E-state index in [9.17, 15) is 27.6 Å². The van der Waals surface area contributed by atoms with E-state index in [-0.39, 0.29) is 36.8 Å². The molecule has 0 radical (unpaired) electrons. The van der Waals surface area contributed by atoms with Crippen LogP contribution in [0.3, 0.4) is 0 Å². The van der Waals surface area contributed by atoms with Crippen LogP contribution in [0.25, 0.3) is 5.69 Å². The average Bonchev–Trinajstić information content (AvgIpc) is 3.73. The largest absolute Gasteiger partial charge is 0.463 e. The van der Waals surface area contributed by atoms with Gasteiger partial charge in [-0.25, -0.2) is 14.4 Å². The summed E-state index contributed by atoms with van der Waals surface area (Å²) in [5, 5.41) is 17.4. The quantitative estimate of drug-likeness (QED) is 0.0684. The summed E-state index contributed by atoms with van der Waals surface area (Å²) in [6, 6.07) is 10.5. The van der Waals surface area contributed by atoms with Gasteiger partial charge in [0.05, 0.1) is 94.0 Å². The van der Waals surface area contributed by atoms with E-state index in [1.165, 1.54) is 63.3 Å². The summed E-state index contributed by atoms with van der Waals surface area (Å²) >= 11 is 0. The number of carbonyl (C=O) groups excluding carboxylic acids is 3. The Bertz CT molecular complexity index is 2010. The third kappa shape index (κ3) is 10.00. The van der Waals surface area contributed by atoms with Crippen molar-refractivity contribution in [3.8, 4) is 11.8 Å². The zero-order valence-electron chi connectivity index (χ0n) is 34.0. The highest BCUT2D eigenvalue weighted by Crippen LogP contribution is 2.61. The van der Waals surface area contributed by atoms with Gasteiger partial charge in [-0.15, -0.1) is 5.10 Å². The lowest BCUT2D eigenvalue weighted by Crippen LogP contribution is -2.47. The van der Waals surface area contributed by atoms with E-state index in [2.05, 4.69) is 10.3 Å². The summed E-state index contributed by atoms with van der Waals surface area (Å²) in [5.41, 5.74) is -1.32. The fourth-order valence-corrected chi connectivity index (χ4v) is 9.67. The number of nitrogens with zero attached hydrogens (tertiary/aromatic N) is 6. The van der Waals surface area contributed by atoms with Crippen LogP contribution in [0.2, 0.25) is 0 Å². The Morgan fingerprint density at radius 3 is 1.98 bits per heavy atom. The van der Waals surface area contributed by atoms with E-state index in [4.69, 9.17) is 28.9 Å². The molecular formula is C43H51F3N6O8. The van der Waals surface area contributed by atoms with Gasteiger partial charge in [-0.3, -0.25) is 9.59 Å². The summed E-state index contributed by atoms with van der Waals surface area (Å²) in [7, 11) is 0. The highest BCUT2D eigenvalue weighted by Gasteiger charge is 2.53. The molecule has 1 aromatic heterocycles. The van der Waals surface area contributed by atoms with Crippen molar-refractivity contribution in [3.63, 3.8) is 0 Å². The molecular weight excluding hydrogens is 786 g/mol. The second-order valence-electron chi connectivity index (χ2n) is 16.9. The molecule has 17 heteroatoms. The number of halogens is 3. The number of esters is 1. The first-order valence-electron chi connectivity index (χ1n) is 20.5. The zero-order valence-corrected chi connectivity index (χ0v) is 34.0. The van der Waals surface area contributed by atoms with Crippen molar-refractivity contribution in [3.05, 3.63) is 71.0 Å². The number of imide groups is 1. The number of aromatic nitrogens is 3. The normalized spacial score (nSPS) is 23.1. The molecule has 4 saturated carbocycles. The maximum atomic E-state index is 13.6. The summed E-state index contributed by atoms with van der Waals surface area (Å²) in [6.07, 6.45) is 5.10. The third-order valence-corrected chi connectivity index (χ3v) is 12.1. The predicted octanol–water partition coefficient (Wildman–Crippen LogP) is 6.62. The van der Waals surface area contributed by atoms with Crippen molar-refractivity contribution in [2.75, 3.05) is 57.8 Å². The number of urea groups is 1. The molecule has 0 spiro atoms. The Morgan fingerprint density at radius 2 is 1.40 bits per heavy atom. The lowest BCUT2D eigenvalue weighted by atomic mass is 9.49. The summed E-state index contributed by atoms with van der Waals surface area (Å²) in [4.78, 5) is 41.4. The topological polar surface area (TPSA) is 158 Å². The SMILES string of the molecule is CC1(C)C(=O)N(c2ccc(C#N)c(C(F)(F)F)c2)C(=O)N1Cc1ccc(-n2cc(COCCOCCOCCOCCOC(=O)CC34CC5CC(CC(C5)C3)C4)nn2)cc1. The number of nitriles is 1. The van der Waals surface area contributed by atoms with Gasteiger partial charge in [0.25, 0.3) is 5.91 Å². The minimum atomic E-state index is -4.85. The molecule has 1 aliphatic heterocycles. The summed E-state index contributed by atoms with van der Waals surface area (Å²) < 4.78 is 70.2. The number of rotatable bonds is 20. The summed E-state index contributed by atoms with van der Waals surface area (Å²) in [6.45, 7) is 6.22. The Morgan fingerprint density at radius 1 is 0.833 bits per heavy atom.